The zero-order valence-corrected chi connectivity index (χ0v) is 17.3. The minimum absolute atomic E-state index is 0.0599. The third-order valence-corrected chi connectivity index (χ3v) is 5.90. The number of halogens is 2. The molecule has 2 aliphatic heterocycles. The number of nitrogens with one attached hydrogen (secondary N) is 1. The normalized spacial score (nSPS) is 18.7. The summed E-state index contributed by atoms with van der Waals surface area (Å²) in [5.41, 5.74) is 2.49. The second-order valence-corrected chi connectivity index (χ2v) is 8.16. The lowest BCUT2D eigenvalue weighted by Gasteiger charge is -2.27. The lowest BCUT2D eigenvalue weighted by molar-refractivity contribution is 0.0772. The summed E-state index contributed by atoms with van der Waals surface area (Å²) < 4.78 is 15.1. The van der Waals surface area contributed by atoms with Crippen molar-refractivity contribution in [2.24, 2.45) is 5.92 Å². The first-order valence-electron chi connectivity index (χ1n) is 9.83. The molecule has 0 spiro atoms. The minimum atomic E-state index is -0.554. The Morgan fingerprint density at radius 3 is 2.93 bits per heavy atom. The van der Waals surface area contributed by atoms with E-state index in [9.17, 15) is 19.1 Å². The molecule has 4 rings (SSSR count). The number of carbonyl (C=O) groups excluding carboxylic acids is 2. The molecular weight excluding hydrogens is 413 g/mol. The molecule has 3 amide bonds. The van der Waals surface area contributed by atoms with Gasteiger partial charge in [0, 0.05) is 51.0 Å². The van der Waals surface area contributed by atoms with E-state index in [1.54, 1.807) is 21.5 Å². The summed E-state index contributed by atoms with van der Waals surface area (Å²) in [7, 11) is 1.74. The fraction of sp³-hybridized carbons (Fsp3) is 0.450. The maximum atomic E-state index is 13.3. The van der Waals surface area contributed by atoms with Crippen LogP contribution >= 0.6 is 11.6 Å². The van der Waals surface area contributed by atoms with Gasteiger partial charge in [0.2, 0.25) is 0 Å². The number of benzene rings is 1. The van der Waals surface area contributed by atoms with Gasteiger partial charge >= 0.3 is 6.03 Å². The van der Waals surface area contributed by atoms with E-state index in [2.05, 4.69) is 10.4 Å². The molecule has 8 nitrogen and oxygen atoms in total. The van der Waals surface area contributed by atoms with Gasteiger partial charge in [-0.25, -0.2) is 9.18 Å². The number of hydrogen-bond donors (Lipinski definition) is 2. The van der Waals surface area contributed by atoms with Gasteiger partial charge in [0.05, 0.1) is 17.3 Å². The van der Waals surface area contributed by atoms with Crippen LogP contribution in [0.5, 0.6) is 0 Å². The maximum absolute atomic E-state index is 13.3. The molecule has 30 heavy (non-hydrogen) atoms. The zero-order valence-electron chi connectivity index (χ0n) is 16.6. The van der Waals surface area contributed by atoms with Crippen LogP contribution in [0.15, 0.2) is 18.2 Å². The van der Waals surface area contributed by atoms with Crippen molar-refractivity contribution in [1.82, 2.24) is 19.6 Å². The van der Waals surface area contributed by atoms with E-state index in [1.807, 2.05) is 0 Å². The van der Waals surface area contributed by atoms with E-state index in [1.165, 1.54) is 18.2 Å². The number of urea groups is 1. The fourth-order valence-corrected chi connectivity index (χ4v) is 4.25. The van der Waals surface area contributed by atoms with Crippen molar-refractivity contribution in [1.29, 1.82) is 0 Å². The molecule has 10 heteroatoms. The first kappa shape index (κ1) is 20.6. The Kier molecular flexibility index (Phi) is 5.66. The molecule has 2 N–H and O–H groups in total. The number of anilines is 1. The van der Waals surface area contributed by atoms with Crippen LogP contribution in [0.25, 0.3) is 0 Å². The molecule has 0 aliphatic carbocycles. The van der Waals surface area contributed by atoms with Crippen molar-refractivity contribution in [2.45, 2.75) is 25.9 Å². The van der Waals surface area contributed by atoms with Crippen LogP contribution in [0.2, 0.25) is 5.02 Å². The SMILES string of the molecule is CN1CC(CCO)Cn2nc3c(c2C1=O)CN(C(=O)Nc1ccc(F)c(Cl)c1)CC3. The van der Waals surface area contributed by atoms with Crippen LogP contribution in [0.3, 0.4) is 0 Å². The summed E-state index contributed by atoms with van der Waals surface area (Å²) in [6.07, 6.45) is 1.13. The quantitative estimate of drug-likeness (QED) is 0.774. The summed E-state index contributed by atoms with van der Waals surface area (Å²) in [6, 6.07) is 3.65. The highest BCUT2D eigenvalue weighted by atomic mass is 35.5. The van der Waals surface area contributed by atoms with Gasteiger partial charge in [-0.3, -0.25) is 9.48 Å². The molecular formula is C20H23ClFN5O3. The van der Waals surface area contributed by atoms with Gasteiger partial charge in [0.25, 0.3) is 5.91 Å². The Morgan fingerprint density at radius 1 is 1.40 bits per heavy atom. The molecule has 1 atom stereocenters. The molecule has 3 heterocycles. The Labute approximate surface area is 178 Å². The molecule has 160 valence electrons. The molecule has 1 unspecified atom stereocenters. The molecule has 1 aromatic carbocycles. The third-order valence-electron chi connectivity index (χ3n) is 5.61. The van der Waals surface area contributed by atoms with Crippen LogP contribution < -0.4 is 5.32 Å². The highest BCUT2D eigenvalue weighted by molar-refractivity contribution is 6.31. The number of nitrogens with zero attached hydrogens (tertiary/aromatic N) is 4. The van der Waals surface area contributed by atoms with Crippen molar-refractivity contribution in [3.8, 4) is 0 Å². The van der Waals surface area contributed by atoms with Gasteiger partial charge in [0.1, 0.15) is 11.5 Å². The Morgan fingerprint density at radius 2 is 2.20 bits per heavy atom. The third kappa shape index (κ3) is 3.87. The number of aliphatic hydroxyl groups is 1. The predicted octanol–water partition coefficient (Wildman–Crippen LogP) is 2.35. The molecule has 0 bridgehead atoms. The van der Waals surface area contributed by atoms with Gasteiger partial charge < -0.3 is 20.2 Å². The smallest absolute Gasteiger partial charge is 0.322 e. The van der Waals surface area contributed by atoms with Crippen LogP contribution in [-0.2, 0) is 19.5 Å². The van der Waals surface area contributed by atoms with Gasteiger partial charge in [-0.05, 0) is 30.5 Å². The summed E-state index contributed by atoms with van der Waals surface area (Å²) in [5, 5.41) is 16.6. The Bertz CT molecular complexity index is 995. The largest absolute Gasteiger partial charge is 0.396 e. The molecule has 0 saturated carbocycles. The van der Waals surface area contributed by atoms with E-state index in [-0.39, 0.29) is 36.0 Å². The topological polar surface area (TPSA) is 90.7 Å². The lowest BCUT2D eigenvalue weighted by Crippen LogP contribution is -2.39. The zero-order chi connectivity index (χ0) is 21.4. The average molecular weight is 436 g/mol. The van der Waals surface area contributed by atoms with Gasteiger partial charge in [0.15, 0.2) is 0 Å². The number of hydrogen-bond acceptors (Lipinski definition) is 4. The minimum Gasteiger partial charge on any atom is -0.396 e. The molecule has 1 aromatic heterocycles. The summed E-state index contributed by atoms with van der Waals surface area (Å²) >= 11 is 5.79. The van der Waals surface area contributed by atoms with Crippen molar-refractivity contribution >= 4 is 29.2 Å². The Balaban J connectivity index is 1.56. The number of aliphatic hydroxyl groups excluding tert-OH is 1. The second kappa shape index (κ2) is 8.23. The van der Waals surface area contributed by atoms with Crippen molar-refractivity contribution in [3.05, 3.63) is 46.0 Å². The lowest BCUT2D eigenvalue weighted by atomic mass is 10.0. The highest BCUT2D eigenvalue weighted by Crippen LogP contribution is 2.28. The molecule has 0 saturated heterocycles. The van der Waals surface area contributed by atoms with Gasteiger partial charge in [-0.15, -0.1) is 0 Å². The average Bonchev–Trinajstić information content (AvgIpc) is 3.01. The number of carbonyl (C=O) groups is 2. The predicted molar refractivity (Wildman–Crippen MR) is 109 cm³/mol. The van der Waals surface area contributed by atoms with E-state index < -0.39 is 5.82 Å². The van der Waals surface area contributed by atoms with Crippen LogP contribution in [0.4, 0.5) is 14.9 Å². The number of fused-ring (bicyclic) bond motifs is 3. The van der Waals surface area contributed by atoms with Crippen molar-refractivity contribution in [3.63, 3.8) is 0 Å². The number of rotatable bonds is 3. The summed E-state index contributed by atoms with van der Waals surface area (Å²) in [5.74, 6) is -0.562. The standard InChI is InChI=1S/C20H23ClFN5O3/c1-25-9-12(5-7-28)10-27-18(19(25)29)14-11-26(6-4-17(14)24-27)20(30)23-13-2-3-16(22)15(21)8-13/h2-3,8,12,28H,4-7,9-11H2,1H3,(H,23,30). The Hall–Kier alpha value is -2.65. The second-order valence-electron chi connectivity index (χ2n) is 7.75. The van der Waals surface area contributed by atoms with E-state index in [0.29, 0.717) is 43.9 Å². The van der Waals surface area contributed by atoms with Crippen molar-refractivity contribution in [2.75, 3.05) is 32.1 Å². The van der Waals surface area contributed by atoms with Gasteiger partial charge in [-0.1, -0.05) is 11.6 Å². The van der Waals surface area contributed by atoms with E-state index in [0.717, 1.165) is 11.3 Å². The first-order valence-corrected chi connectivity index (χ1v) is 10.2. The van der Waals surface area contributed by atoms with Crippen LogP contribution in [-0.4, -0.2) is 63.4 Å². The molecule has 0 radical (unpaired) electrons. The number of aromatic nitrogens is 2. The molecule has 2 aliphatic rings. The van der Waals surface area contributed by atoms with E-state index >= 15 is 0 Å². The first-order chi connectivity index (χ1) is 14.4. The molecule has 2 aromatic rings. The number of amides is 3. The highest BCUT2D eigenvalue weighted by Gasteiger charge is 2.34. The fourth-order valence-electron chi connectivity index (χ4n) is 4.07. The van der Waals surface area contributed by atoms with Gasteiger partial charge in [-0.2, -0.15) is 5.10 Å². The van der Waals surface area contributed by atoms with Crippen LogP contribution in [0, 0.1) is 11.7 Å². The monoisotopic (exact) mass is 435 g/mol. The van der Waals surface area contributed by atoms with E-state index in [4.69, 9.17) is 11.6 Å². The maximum Gasteiger partial charge on any atom is 0.322 e. The van der Waals surface area contributed by atoms with Crippen LogP contribution in [0.1, 0.15) is 28.2 Å². The van der Waals surface area contributed by atoms with Crippen molar-refractivity contribution < 1.29 is 19.1 Å². The molecule has 0 fully saturated rings. The summed E-state index contributed by atoms with van der Waals surface area (Å²) in [6.45, 7) is 1.88. The summed E-state index contributed by atoms with van der Waals surface area (Å²) in [4.78, 5) is 29.0.